The summed E-state index contributed by atoms with van der Waals surface area (Å²) in [4.78, 5) is 22.5. The fourth-order valence-electron chi connectivity index (χ4n) is 2.02. The fourth-order valence-corrected chi connectivity index (χ4v) is 2.02. The fraction of sp³-hybridized carbons (Fsp3) is 0. The van der Waals surface area contributed by atoms with E-state index in [2.05, 4.69) is 0 Å². The zero-order valence-electron chi connectivity index (χ0n) is 11.3. The minimum Gasteiger partial charge on any atom is -0.477 e. The summed E-state index contributed by atoms with van der Waals surface area (Å²) >= 11 is 0. The van der Waals surface area contributed by atoms with Crippen molar-refractivity contribution >= 4 is 22.6 Å². The Balaban J connectivity index is 2.01. The van der Waals surface area contributed by atoms with Crippen LogP contribution in [0.15, 0.2) is 57.7 Å². The molecule has 0 fully saturated rings. The van der Waals surface area contributed by atoms with E-state index >= 15 is 0 Å². The number of carboxylic acid groups (broad SMARTS) is 1. The average molecular weight is 297 g/mol. The summed E-state index contributed by atoms with van der Waals surface area (Å²) in [5, 5.41) is 9.40. The van der Waals surface area contributed by atoms with E-state index in [4.69, 9.17) is 20.0 Å². The molecular weight excluding hydrogens is 286 g/mol. The smallest absolute Gasteiger partial charge is 0.351 e. The predicted molar refractivity (Wildman–Crippen MR) is 80.4 cm³/mol. The van der Waals surface area contributed by atoms with E-state index in [0.29, 0.717) is 22.6 Å². The molecule has 3 N–H and O–H groups in total. The van der Waals surface area contributed by atoms with Crippen molar-refractivity contribution in [2.75, 3.05) is 5.73 Å². The van der Waals surface area contributed by atoms with Crippen molar-refractivity contribution < 1.29 is 19.1 Å². The summed E-state index contributed by atoms with van der Waals surface area (Å²) in [5.74, 6) is -0.330. The number of hydrogen-bond acceptors (Lipinski definition) is 5. The molecule has 0 aliphatic heterocycles. The lowest BCUT2D eigenvalue weighted by Gasteiger charge is -2.07. The highest BCUT2D eigenvalue weighted by Gasteiger charge is 2.12. The second kappa shape index (κ2) is 5.25. The molecule has 0 spiro atoms. The van der Waals surface area contributed by atoms with Crippen molar-refractivity contribution in [3.05, 3.63) is 64.5 Å². The third-order valence-corrected chi connectivity index (χ3v) is 3.03. The molecule has 1 heterocycles. The molecule has 3 aromatic rings. The summed E-state index contributed by atoms with van der Waals surface area (Å²) in [6.07, 6.45) is 0. The largest absolute Gasteiger partial charge is 0.477 e. The van der Waals surface area contributed by atoms with Gasteiger partial charge in [-0.25, -0.2) is 9.59 Å². The van der Waals surface area contributed by atoms with Crippen LogP contribution < -0.4 is 16.1 Å². The van der Waals surface area contributed by atoms with Crippen LogP contribution in [-0.2, 0) is 0 Å². The van der Waals surface area contributed by atoms with E-state index < -0.39 is 17.2 Å². The molecule has 0 unspecified atom stereocenters. The number of benzene rings is 2. The molecule has 22 heavy (non-hydrogen) atoms. The number of nitrogen functional groups attached to an aromatic ring is 1. The highest BCUT2D eigenvalue weighted by Crippen LogP contribution is 2.26. The Morgan fingerprint density at radius 2 is 1.86 bits per heavy atom. The van der Waals surface area contributed by atoms with Crippen molar-refractivity contribution in [3.8, 4) is 11.5 Å². The number of carbonyl (C=O) groups is 1. The first-order valence-corrected chi connectivity index (χ1v) is 6.37. The van der Waals surface area contributed by atoms with Crippen LogP contribution in [0.2, 0.25) is 0 Å². The van der Waals surface area contributed by atoms with E-state index in [9.17, 15) is 9.59 Å². The molecule has 0 atom stereocenters. The van der Waals surface area contributed by atoms with Gasteiger partial charge in [-0.2, -0.15) is 0 Å². The summed E-state index contributed by atoms with van der Waals surface area (Å²) in [5.41, 5.74) is 5.18. The number of carboxylic acids is 1. The number of hydrogen-bond donors (Lipinski definition) is 2. The summed E-state index contributed by atoms with van der Waals surface area (Å²) in [6.45, 7) is 0. The van der Waals surface area contributed by atoms with Gasteiger partial charge in [-0.3, -0.25) is 0 Å². The lowest BCUT2D eigenvalue weighted by Crippen LogP contribution is -2.12. The van der Waals surface area contributed by atoms with Crippen molar-refractivity contribution in [1.29, 1.82) is 0 Å². The maximum atomic E-state index is 11.6. The van der Waals surface area contributed by atoms with E-state index in [-0.39, 0.29) is 5.58 Å². The summed E-state index contributed by atoms with van der Waals surface area (Å²) in [6, 6.07) is 13.0. The van der Waals surface area contributed by atoms with Crippen LogP contribution in [0.1, 0.15) is 10.4 Å². The van der Waals surface area contributed by atoms with Crippen molar-refractivity contribution in [2.45, 2.75) is 0 Å². The third kappa shape index (κ3) is 2.62. The molecule has 0 radical (unpaired) electrons. The Labute approximate surface area is 124 Å². The number of nitrogens with two attached hydrogens (primary N) is 1. The molecule has 2 aromatic carbocycles. The summed E-state index contributed by atoms with van der Waals surface area (Å²) < 4.78 is 10.6. The monoisotopic (exact) mass is 297 g/mol. The highest BCUT2D eigenvalue weighted by molar-refractivity contribution is 5.91. The molecule has 110 valence electrons. The van der Waals surface area contributed by atoms with Gasteiger partial charge in [0.25, 0.3) is 0 Å². The van der Waals surface area contributed by atoms with Crippen LogP contribution in [0.5, 0.6) is 11.5 Å². The number of ether oxygens (including phenoxy) is 1. The molecule has 3 rings (SSSR count). The second-order valence-electron chi connectivity index (χ2n) is 4.63. The van der Waals surface area contributed by atoms with Gasteiger partial charge in [-0.05, 0) is 30.3 Å². The topological polar surface area (TPSA) is 103 Å². The minimum absolute atomic E-state index is 0.247. The standard InChI is InChI=1S/C16H11NO5/c17-10-2-1-3-11(7-10)21-12-5-4-9-6-13(15(18)19)16(20)22-14(9)8-12/h1-8H,17H2,(H,18,19). The van der Waals surface area contributed by atoms with Crippen LogP contribution in [0, 0.1) is 0 Å². The number of fused-ring (bicyclic) bond motifs is 1. The maximum absolute atomic E-state index is 11.6. The molecule has 0 amide bonds. The van der Waals surface area contributed by atoms with Crippen molar-refractivity contribution in [3.63, 3.8) is 0 Å². The predicted octanol–water partition coefficient (Wildman–Crippen LogP) is 2.87. The average Bonchev–Trinajstić information content (AvgIpc) is 2.46. The third-order valence-electron chi connectivity index (χ3n) is 3.03. The molecular formula is C16H11NO5. The molecule has 0 bridgehead atoms. The molecule has 0 aliphatic rings. The van der Waals surface area contributed by atoms with Crippen molar-refractivity contribution in [1.82, 2.24) is 0 Å². The molecule has 6 heteroatoms. The highest BCUT2D eigenvalue weighted by atomic mass is 16.5. The maximum Gasteiger partial charge on any atom is 0.351 e. The van der Waals surface area contributed by atoms with Gasteiger partial charge in [0.15, 0.2) is 0 Å². The molecule has 0 saturated heterocycles. The Morgan fingerprint density at radius 1 is 1.09 bits per heavy atom. The van der Waals surface area contributed by atoms with E-state index in [1.165, 1.54) is 12.1 Å². The normalized spacial score (nSPS) is 10.5. The van der Waals surface area contributed by atoms with Crippen LogP contribution >= 0.6 is 0 Å². The minimum atomic E-state index is -1.32. The van der Waals surface area contributed by atoms with Gasteiger partial charge >= 0.3 is 11.6 Å². The first-order valence-electron chi connectivity index (χ1n) is 6.37. The zero-order valence-corrected chi connectivity index (χ0v) is 11.3. The van der Waals surface area contributed by atoms with Crippen LogP contribution in [0.3, 0.4) is 0 Å². The van der Waals surface area contributed by atoms with E-state index in [1.54, 1.807) is 36.4 Å². The van der Waals surface area contributed by atoms with Gasteiger partial charge in [-0.15, -0.1) is 0 Å². The van der Waals surface area contributed by atoms with Gasteiger partial charge < -0.3 is 20.0 Å². The first kappa shape index (κ1) is 13.7. The molecule has 0 saturated carbocycles. The zero-order chi connectivity index (χ0) is 15.7. The Hall–Kier alpha value is -3.28. The number of rotatable bonds is 3. The Kier molecular flexibility index (Phi) is 3.27. The van der Waals surface area contributed by atoms with Gasteiger partial charge in [0, 0.05) is 23.2 Å². The lowest BCUT2D eigenvalue weighted by molar-refractivity contribution is 0.0692. The quantitative estimate of drug-likeness (QED) is 0.569. The Morgan fingerprint density at radius 3 is 2.59 bits per heavy atom. The second-order valence-corrected chi connectivity index (χ2v) is 4.63. The van der Waals surface area contributed by atoms with E-state index in [1.807, 2.05) is 0 Å². The van der Waals surface area contributed by atoms with Gasteiger partial charge in [0.05, 0.1) is 0 Å². The van der Waals surface area contributed by atoms with Crippen LogP contribution in [0.4, 0.5) is 5.69 Å². The number of anilines is 1. The van der Waals surface area contributed by atoms with Gasteiger partial charge in [0.2, 0.25) is 0 Å². The van der Waals surface area contributed by atoms with E-state index in [0.717, 1.165) is 0 Å². The van der Waals surface area contributed by atoms with Crippen LogP contribution in [0.25, 0.3) is 11.0 Å². The SMILES string of the molecule is Nc1cccc(Oc2ccc3cc(C(=O)O)c(=O)oc3c2)c1. The van der Waals surface area contributed by atoms with Gasteiger partial charge in [-0.1, -0.05) is 6.07 Å². The molecule has 6 nitrogen and oxygen atoms in total. The molecule has 0 aliphatic carbocycles. The molecule has 1 aromatic heterocycles. The lowest BCUT2D eigenvalue weighted by atomic mass is 10.2. The Bertz CT molecular complexity index is 929. The van der Waals surface area contributed by atoms with Crippen molar-refractivity contribution in [2.24, 2.45) is 0 Å². The summed E-state index contributed by atoms with van der Waals surface area (Å²) in [7, 11) is 0. The van der Waals surface area contributed by atoms with Crippen LogP contribution in [-0.4, -0.2) is 11.1 Å². The van der Waals surface area contributed by atoms with Gasteiger partial charge in [0.1, 0.15) is 22.6 Å². The first-order chi connectivity index (χ1) is 10.5. The number of aromatic carboxylic acids is 1.